The van der Waals surface area contributed by atoms with E-state index >= 15 is 0 Å². The van der Waals surface area contributed by atoms with E-state index in [1.807, 2.05) is 0 Å². The maximum atomic E-state index is 13.6. The highest BCUT2D eigenvalue weighted by atomic mass is 19.1. The molecule has 0 radical (unpaired) electrons. The lowest BCUT2D eigenvalue weighted by Gasteiger charge is -2.18. The van der Waals surface area contributed by atoms with Crippen molar-refractivity contribution in [2.75, 3.05) is 25.0 Å². The molecule has 1 aromatic rings. The Balaban J connectivity index is 2.79. The van der Waals surface area contributed by atoms with Gasteiger partial charge in [-0.3, -0.25) is 4.79 Å². The smallest absolute Gasteiger partial charge is 0.323 e. The van der Waals surface area contributed by atoms with Crippen molar-refractivity contribution in [3.63, 3.8) is 0 Å². The number of carbonyl (C=O) groups is 1. The van der Waals surface area contributed by atoms with E-state index in [0.29, 0.717) is 13.1 Å². The maximum absolute atomic E-state index is 13.6. The quantitative estimate of drug-likeness (QED) is 0.572. The molecule has 0 bridgehead atoms. The SMILES string of the molecule is C=CCNCc1ccc(F)c(N(C)CC(=O)O)c1. The summed E-state index contributed by atoms with van der Waals surface area (Å²) in [7, 11) is 1.55. The van der Waals surface area contributed by atoms with Crippen molar-refractivity contribution in [3.8, 4) is 0 Å². The molecule has 0 aliphatic rings. The number of rotatable bonds is 7. The molecule has 0 amide bonds. The number of hydrogen-bond acceptors (Lipinski definition) is 3. The average molecular weight is 252 g/mol. The minimum atomic E-state index is -0.993. The second kappa shape index (κ2) is 6.76. The van der Waals surface area contributed by atoms with Gasteiger partial charge in [-0.2, -0.15) is 0 Å². The van der Waals surface area contributed by atoms with Gasteiger partial charge in [0.25, 0.3) is 0 Å². The molecule has 98 valence electrons. The van der Waals surface area contributed by atoms with E-state index in [0.717, 1.165) is 5.56 Å². The van der Waals surface area contributed by atoms with Crippen LogP contribution >= 0.6 is 0 Å². The topological polar surface area (TPSA) is 52.6 Å². The van der Waals surface area contributed by atoms with E-state index in [2.05, 4.69) is 11.9 Å². The van der Waals surface area contributed by atoms with Gasteiger partial charge in [0.1, 0.15) is 12.4 Å². The number of halogens is 1. The Morgan fingerprint density at radius 3 is 2.94 bits per heavy atom. The molecule has 1 aromatic carbocycles. The van der Waals surface area contributed by atoms with Crippen molar-refractivity contribution in [3.05, 3.63) is 42.2 Å². The summed E-state index contributed by atoms with van der Waals surface area (Å²) in [6.45, 7) is 4.60. The van der Waals surface area contributed by atoms with Crippen LogP contribution in [-0.4, -0.2) is 31.2 Å². The van der Waals surface area contributed by atoms with Gasteiger partial charge in [0.05, 0.1) is 5.69 Å². The van der Waals surface area contributed by atoms with Crippen molar-refractivity contribution in [2.45, 2.75) is 6.54 Å². The fraction of sp³-hybridized carbons (Fsp3) is 0.308. The van der Waals surface area contributed by atoms with Crippen molar-refractivity contribution in [1.82, 2.24) is 5.32 Å². The number of anilines is 1. The van der Waals surface area contributed by atoms with Crippen LogP contribution in [0.4, 0.5) is 10.1 Å². The van der Waals surface area contributed by atoms with Gasteiger partial charge in [0.15, 0.2) is 0 Å². The summed E-state index contributed by atoms with van der Waals surface area (Å²) in [5, 5.41) is 11.8. The molecule has 0 spiro atoms. The maximum Gasteiger partial charge on any atom is 0.323 e. The Hall–Kier alpha value is -1.88. The molecule has 0 aliphatic carbocycles. The second-order valence-corrected chi connectivity index (χ2v) is 3.96. The van der Waals surface area contributed by atoms with E-state index in [1.165, 1.54) is 11.0 Å². The molecule has 0 saturated carbocycles. The molecule has 0 aliphatic heterocycles. The lowest BCUT2D eigenvalue weighted by Crippen LogP contribution is -2.26. The molecule has 0 unspecified atom stereocenters. The third kappa shape index (κ3) is 4.18. The summed E-state index contributed by atoms with van der Waals surface area (Å²) in [6, 6.07) is 4.66. The Morgan fingerprint density at radius 2 is 2.33 bits per heavy atom. The van der Waals surface area contributed by atoms with Gasteiger partial charge in [0.2, 0.25) is 0 Å². The summed E-state index contributed by atoms with van der Waals surface area (Å²) in [5.74, 6) is -1.42. The molecule has 2 N–H and O–H groups in total. The first-order chi connectivity index (χ1) is 8.54. The fourth-order valence-electron chi connectivity index (χ4n) is 1.57. The van der Waals surface area contributed by atoms with E-state index in [9.17, 15) is 9.18 Å². The predicted octanol–water partition coefficient (Wildman–Crippen LogP) is 1.62. The normalized spacial score (nSPS) is 10.1. The zero-order chi connectivity index (χ0) is 13.5. The van der Waals surface area contributed by atoms with Crippen LogP contribution in [0.3, 0.4) is 0 Å². The Labute approximate surface area is 106 Å². The highest BCUT2D eigenvalue weighted by molar-refractivity contribution is 5.73. The summed E-state index contributed by atoms with van der Waals surface area (Å²) in [4.78, 5) is 12.0. The minimum Gasteiger partial charge on any atom is -0.480 e. The lowest BCUT2D eigenvalue weighted by atomic mass is 10.1. The van der Waals surface area contributed by atoms with Crippen LogP contribution in [0.15, 0.2) is 30.9 Å². The van der Waals surface area contributed by atoms with E-state index in [-0.39, 0.29) is 12.2 Å². The Kier molecular flexibility index (Phi) is 5.32. The predicted molar refractivity (Wildman–Crippen MR) is 69.2 cm³/mol. The van der Waals surface area contributed by atoms with Crippen LogP contribution in [0.5, 0.6) is 0 Å². The minimum absolute atomic E-state index is 0.236. The number of carboxylic acids is 1. The van der Waals surface area contributed by atoms with Crippen LogP contribution in [0.25, 0.3) is 0 Å². The third-order valence-corrected chi connectivity index (χ3v) is 2.41. The van der Waals surface area contributed by atoms with Crippen molar-refractivity contribution in [1.29, 1.82) is 0 Å². The highest BCUT2D eigenvalue weighted by Gasteiger charge is 2.11. The van der Waals surface area contributed by atoms with Crippen LogP contribution in [0.1, 0.15) is 5.56 Å². The van der Waals surface area contributed by atoms with Gasteiger partial charge < -0.3 is 15.3 Å². The monoisotopic (exact) mass is 252 g/mol. The van der Waals surface area contributed by atoms with Crippen molar-refractivity contribution >= 4 is 11.7 Å². The first-order valence-corrected chi connectivity index (χ1v) is 5.57. The fourth-order valence-corrected chi connectivity index (χ4v) is 1.57. The number of aliphatic carboxylic acids is 1. The number of benzene rings is 1. The molecule has 18 heavy (non-hydrogen) atoms. The van der Waals surface area contributed by atoms with Crippen molar-refractivity contribution < 1.29 is 14.3 Å². The highest BCUT2D eigenvalue weighted by Crippen LogP contribution is 2.19. The Morgan fingerprint density at radius 1 is 1.61 bits per heavy atom. The van der Waals surface area contributed by atoms with Crippen LogP contribution in [0.2, 0.25) is 0 Å². The van der Waals surface area contributed by atoms with Gasteiger partial charge in [-0.15, -0.1) is 6.58 Å². The first-order valence-electron chi connectivity index (χ1n) is 5.57. The van der Waals surface area contributed by atoms with Crippen molar-refractivity contribution in [2.24, 2.45) is 0 Å². The molecule has 1 rings (SSSR count). The number of hydrogen-bond donors (Lipinski definition) is 2. The third-order valence-electron chi connectivity index (χ3n) is 2.41. The number of nitrogens with one attached hydrogen (secondary N) is 1. The molecule has 5 heteroatoms. The average Bonchev–Trinajstić information content (AvgIpc) is 2.30. The van der Waals surface area contributed by atoms with Crippen LogP contribution in [-0.2, 0) is 11.3 Å². The van der Waals surface area contributed by atoms with E-state index in [1.54, 1.807) is 25.3 Å². The summed E-state index contributed by atoms with van der Waals surface area (Å²) < 4.78 is 13.6. The molecule has 0 heterocycles. The zero-order valence-corrected chi connectivity index (χ0v) is 10.3. The summed E-state index contributed by atoms with van der Waals surface area (Å²) >= 11 is 0. The van der Waals surface area contributed by atoms with Gasteiger partial charge in [-0.1, -0.05) is 12.1 Å². The Bertz CT molecular complexity index is 435. The molecule has 0 aromatic heterocycles. The summed E-state index contributed by atoms with van der Waals surface area (Å²) in [5.41, 5.74) is 1.18. The molecule has 0 fully saturated rings. The molecular formula is C13H17FN2O2. The summed E-state index contributed by atoms with van der Waals surface area (Å²) in [6.07, 6.45) is 1.74. The van der Waals surface area contributed by atoms with Crippen LogP contribution in [0, 0.1) is 5.82 Å². The van der Waals surface area contributed by atoms with Gasteiger partial charge in [-0.25, -0.2) is 4.39 Å². The largest absolute Gasteiger partial charge is 0.480 e. The lowest BCUT2D eigenvalue weighted by molar-refractivity contribution is -0.135. The number of likely N-dealkylation sites (N-methyl/N-ethyl adjacent to an activating group) is 1. The molecular weight excluding hydrogens is 235 g/mol. The molecule has 0 saturated heterocycles. The van der Waals surface area contributed by atoms with E-state index < -0.39 is 11.8 Å². The second-order valence-electron chi connectivity index (χ2n) is 3.96. The molecule has 0 atom stereocenters. The number of carboxylic acid groups (broad SMARTS) is 1. The van der Waals surface area contributed by atoms with Crippen LogP contribution < -0.4 is 10.2 Å². The van der Waals surface area contributed by atoms with E-state index in [4.69, 9.17) is 5.11 Å². The molecule has 4 nitrogen and oxygen atoms in total. The standard InChI is InChI=1S/C13H17FN2O2/c1-3-6-15-8-10-4-5-11(14)12(7-10)16(2)9-13(17)18/h3-5,7,15H,1,6,8-9H2,2H3,(H,17,18). The number of nitrogens with zero attached hydrogens (tertiary/aromatic N) is 1. The van der Waals surface area contributed by atoms with Gasteiger partial charge in [-0.05, 0) is 17.7 Å². The zero-order valence-electron chi connectivity index (χ0n) is 10.3. The first kappa shape index (κ1) is 14.2. The van der Waals surface area contributed by atoms with Gasteiger partial charge >= 0.3 is 5.97 Å². The van der Waals surface area contributed by atoms with Gasteiger partial charge in [0, 0.05) is 20.1 Å².